The number of aromatic nitrogens is 2. The van der Waals surface area contributed by atoms with Crippen LogP contribution in [0.4, 0.5) is 23.1 Å². The van der Waals surface area contributed by atoms with Crippen molar-refractivity contribution < 1.29 is 0 Å². The minimum absolute atomic E-state index is 0.700. The van der Waals surface area contributed by atoms with E-state index in [2.05, 4.69) is 27.5 Å². The van der Waals surface area contributed by atoms with Gasteiger partial charge in [0.05, 0.1) is 11.4 Å². The second kappa shape index (κ2) is 6.11. The molecule has 2 N–H and O–H groups in total. The number of rotatable bonds is 1. The quantitative estimate of drug-likeness (QED) is 0.829. The molecule has 6 nitrogen and oxygen atoms in total. The van der Waals surface area contributed by atoms with E-state index in [1.165, 1.54) is 0 Å². The van der Waals surface area contributed by atoms with Gasteiger partial charge in [-0.3, -0.25) is 0 Å². The van der Waals surface area contributed by atoms with E-state index in [0.29, 0.717) is 11.6 Å². The Bertz CT molecular complexity index is 770. The summed E-state index contributed by atoms with van der Waals surface area (Å²) in [6.07, 6.45) is 0. The first kappa shape index (κ1) is 15.5. The Balaban J connectivity index is 1.69. The number of hydrogen-bond acceptors (Lipinski definition) is 6. The number of fused-ring (bicyclic) bond motifs is 2. The first-order valence-electron chi connectivity index (χ1n) is 8.21. The molecule has 3 heterocycles. The third kappa shape index (κ3) is 2.87. The number of likely N-dealkylation sites (N-methyl/N-ethyl adjacent to an activating group) is 1. The Kier molecular flexibility index (Phi) is 3.94. The van der Waals surface area contributed by atoms with E-state index in [1.54, 1.807) is 0 Å². The molecule has 0 bridgehead atoms. The molecule has 0 atom stereocenters. The van der Waals surface area contributed by atoms with Crippen molar-refractivity contribution in [3.8, 4) is 0 Å². The van der Waals surface area contributed by atoms with Gasteiger partial charge in [0.25, 0.3) is 0 Å². The number of benzene rings is 1. The van der Waals surface area contributed by atoms with Crippen molar-refractivity contribution in [1.29, 1.82) is 0 Å². The lowest BCUT2D eigenvalue weighted by molar-refractivity contribution is 0.311. The summed E-state index contributed by atoms with van der Waals surface area (Å²) in [5, 5.41) is 7.58. The van der Waals surface area contributed by atoms with Crippen molar-refractivity contribution in [2.75, 3.05) is 48.8 Å². The van der Waals surface area contributed by atoms with Crippen LogP contribution in [-0.4, -0.2) is 48.1 Å². The summed E-state index contributed by atoms with van der Waals surface area (Å²) in [5.41, 5.74) is 4.08. The largest absolute Gasteiger partial charge is 0.379 e. The lowest BCUT2D eigenvalue weighted by atomic mass is 10.2. The van der Waals surface area contributed by atoms with Crippen LogP contribution in [-0.2, 0) is 6.54 Å². The summed E-state index contributed by atoms with van der Waals surface area (Å²) in [4.78, 5) is 14.1. The summed E-state index contributed by atoms with van der Waals surface area (Å²) in [6.45, 7) is 6.73. The molecule has 7 heteroatoms. The first-order chi connectivity index (χ1) is 11.6. The molecule has 0 saturated carbocycles. The summed E-state index contributed by atoms with van der Waals surface area (Å²) < 4.78 is 0. The SMILES string of the molecule is Cc1nc(N2CCN(C)CC2)nc2c1CNc1ccc(Cl)cc1N2. The Hall–Kier alpha value is -2.05. The standard InChI is InChI=1S/C17H21ClN6/c1-11-13-10-19-14-4-3-12(18)9-15(14)21-16(13)22-17(20-11)24-7-5-23(2)6-8-24/h3-4,9,19H,5-8,10H2,1-2H3,(H,20,21,22). The predicted octanol–water partition coefficient (Wildman–Crippen LogP) is 2.86. The molecular weight excluding hydrogens is 324 g/mol. The molecular formula is C17H21ClN6. The van der Waals surface area contributed by atoms with Crippen LogP contribution < -0.4 is 15.5 Å². The van der Waals surface area contributed by atoms with Gasteiger partial charge in [0.2, 0.25) is 5.95 Å². The number of anilines is 4. The zero-order chi connectivity index (χ0) is 16.7. The molecule has 1 aromatic carbocycles. The number of halogens is 1. The van der Waals surface area contributed by atoms with Gasteiger partial charge in [0, 0.05) is 49.0 Å². The third-order valence-corrected chi connectivity index (χ3v) is 4.91. The van der Waals surface area contributed by atoms with Gasteiger partial charge in [-0.15, -0.1) is 0 Å². The summed E-state index contributed by atoms with van der Waals surface area (Å²) in [6, 6.07) is 5.80. The van der Waals surface area contributed by atoms with Gasteiger partial charge in [0.15, 0.2) is 0 Å². The lowest BCUT2D eigenvalue weighted by Gasteiger charge is -2.32. The third-order valence-electron chi connectivity index (χ3n) is 4.68. The molecule has 0 radical (unpaired) electrons. The van der Waals surface area contributed by atoms with E-state index < -0.39 is 0 Å². The smallest absolute Gasteiger partial charge is 0.227 e. The van der Waals surface area contributed by atoms with Gasteiger partial charge in [-0.05, 0) is 32.2 Å². The molecule has 126 valence electrons. The molecule has 1 aromatic heterocycles. The highest BCUT2D eigenvalue weighted by molar-refractivity contribution is 6.31. The molecule has 1 fully saturated rings. The number of piperazine rings is 1. The molecule has 2 aliphatic rings. The molecule has 0 spiro atoms. The van der Waals surface area contributed by atoms with Crippen LogP contribution in [0.1, 0.15) is 11.3 Å². The van der Waals surface area contributed by atoms with Gasteiger partial charge >= 0.3 is 0 Å². The summed E-state index contributed by atoms with van der Waals surface area (Å²) in [7, 11) is 2.15. The van der Waals surface area contributed by atoms with E-state index in [4.69, 9.17) is 21.6 Å². The van der Waals surface area contributed by atoms with Crippen molar-refractivity contribution in [2.45, 2.75) is 13.5 Å². The van der Waals surface area contributed by atoms with Crippen LogP contribution in [0.2, 0.25) is 5.02 Å². The molecule has 0 amide bonds. The normalized spacial score (nSPS) is 17.4. The summed E-state index contributed by atoms with van der Waals surface area (Å²) >= 11 is 6.14. The maximum Gasteiger partial charge on any atom is 0.227 e. The predicted molar refractivity (Wildman–Crippen MR) is 98.5 cm³/mol. The average molecular weight is 345 g/mol. The van der Waals surface area contributed by atoms with E-state index in [-0.39, 0.29) is 0 Å². The highest BCUT2D eigenvalue weighted by Crippen LogP contribution is 2.34. The highest BCUT2D eigenvalue weighted by atomic mass is 35.5. The van der Waals surface area contributed by atoms with Crippen LogP contribution in [0.25, 0.3) is 0 Å². The minimum atomic E-state index is 0.700. The maximum absolute atomic E-state index is 6.14. The van der Waals surface area contributed by atoms with E-state index in [1.807, 2.05) is 25.1 Å². The molecule has 0 unspecified atom stereocenters. The average Bonchev–Trinajstić information content (AvgIpc) is 2.74. The van der Waals surface area contributed by atoms with Crippen molar-refractivity contribution in [1.82, 2.24) is 14.9 Å². The Labute approximate surface area is 146 Å². The van der Waals surface area contributed by atoms with Crippen molar-refractivity contribution >= 4 is 34.7 Å². The fraction of sp³-hybridized carbons (Fsp3) is 0.412. The Morgan fingerprint density at radius 2 is 1.88 bits per heavy atom. The van der Waals surface area contributed by atoms with Crippen LogP contribution in [0.5, 0.6) is 0 Å². The Morgan fingerprint density at radius 3 is 2.67 bits per heavy atom. The van der Waals surface area contributed by atoms with Gasteiger partial charge in [-0.2, -0.15) is 4.98 Å². The van der Waals surface area contributed by atoms with Gasteiger partial charge in [-0.25, -0.2) is 4.98 Å². The zero-order valence-corrected chi connectivity index (χ0v) is 14.7. The molecule has 24 heavy (non-hydrogen) atoms. The molecule has 0 aliphatic carbocycles. The van der Waals surface area contributed by atoms with E-state index in [9.17, 15) is 0 Å². The van der Waals surface area contributed by atoms with Crippen LogP contribution in [0, 0.1) is 6.92 Å². The van der Waals surface area contributed by atoms with Crippen molar-refractivity contribution in [3.63, 3.8) is 0 Å². The maximum atomic E-state index is 6.14. The molecule has 1 saturated heterocycles. The van der Waals surface area contributed by atoms with Gasteiger partial charge in [0.1, 0.15) is 5.82 Å². The molecule has 4 rings (SSSR count). The summed E-state index contributed by atoms with van der Waals surface area (Å²) in [5.74, 6) is 1.67. The van der Waals surface area contributed by atoms with Crippen molar-refractivity contribution in [3.05, 3.63) is 34.5 Å². The second-order valence-corrected chi connectivity index (χ2v) is 6.83. The highest BCUT2D eigenvalue weighted by Gasteiger charge is 2.21. The van der Waals surface area contributed by atoms with Crippen molar-refractivity contribution in [2.24, 2.45) is 0 Å². The lowest BCUT2D eigenvalue weighted by Crippen LogP contribution is -2.45. The van der Waals surface area contributed by atoms with Crippen LogP contribution in [0.15, 0.2) is 18.2 Å². The number of nitrogens with zero attached hydrogens (tertiary/aromatic N) is 4. The van der Waals surface area contributed by atoms with Gasteiger partial charge < -0.3 is 20.4 Å². The molecule has 2 aliphatic heterocycles. The second-order valence-electron chi connectivity index (χ2n) is 6.39. The fourth-order valence-electron chi connectivity index (χ4n) is 3.13. The number of aryl methyl sites for hydroxylation is 1. The van der Waals surface area contributed by atoms with Gasteiger partial charge in [-0.1, -0.05) is 11.6 Å². The fourth-order valence-corrected chi connectivity index (χ4v) is 3.30. The molecule has 2 aromatic rings. The minimum Gasteiger partial charge on any atom is -0.379 e. The van der Waals surface area contributed by atoms with E-state index in [0.717, 1.165) is 60.6 Å². The zero-order valence-electron chi connectivity index (χ0n) is 13.9. The topological polar surface area (TPSA) is 56.3 Å². The Morgan fingerprint density at radius 1 is 1.08 bits per heavy atom. The van der Waals surface area contributed by atoms with Crippen LogP contribution in [0.3, 0.4) is 0 Å². The van der Waals surface area contributed by atoms with E-state index >= 15 is 0 Å². The monoisotopic (exact) mass is 344 g/mol. The first-order valence-corrected chi connectivity index (χ1v) is 8.59. The number of hydrogen-bond donors (Lipinski definition) is 2. The number of nitrogens with one attached hydrogen (secondary N) is 2. The van der Waals surface area contributed by atoms with Crippen LogP contribution >= 0.6 is 11.6 Å².